The second-order valence-electron chi connectivity index (χ2n) is 4.55. The minimum absolute atomic E-state index is 0.563. The van der Waals surface area contributed by atoms with Crippen LogP contribution >= 0.6 is 0 Å². The second-order valence-corrected chi connectivity index (χ2v) is 4.55. The van der Waals surface area contributed by atoms with Gasteiger partial charge in [0.05, 0.1) is 26.6 Å². The minimum Gasteiger partial charge on any atom is -0.496 e. The molecule has 0 heterocycles. The van der Waals surface area contributed by atoms with Crippen molar-refractivity contribution in [1.82, 2.24) is 10.9 Å². The van der Waals surface area contributed by atoms with Crippen LogP contribution in [0.5, 0.6) is 11.5 Å². The summed E-state index contributed by atoms with van der Waals surface area (Å²) in [5.74, 6) is 1.33. The largest absolute Gasteiger partial charge is 0.496 e. The first-order chi connectivity index (χ1) is 11.7. The van der Waals surface area contributed by atoms with Gasteiger partial charge in [-0.25, -0.2) is 15.6 Å². The Hall–Kier alpha value is -3.35. The summed E-state index contributed by atoms with van der Waals surface area (Å²) in [6, 6.07) is 14.1. The molecule has 2 amide bonds. The Labute approximate surface area is 140 Å². The van der Waals surface area contributed by atoms with Gasteiger partial charge in [0, 0.05) is 11.1 Å². The molecule has 0 bridgehead atoms. The van der Waals surface area contributed by atoms with Gasteiger partial charge in [-0.05, 0) is 24.3 Å². The van der Waals surface area contributed by atoms with Crippen LogP contribution in [0.1, 0.15) is 11.1 Å². The third kappa shape index (κ3) is 4.84. The highest BCUT2D eigenvalue weighted by Gasteiger charge is 2.00. The van der Waals surface area contributed by atoms with Crippen molar-refractivity contribution >= 4 is 18.5 Å². The fourth-order valence-electron chi connectivity index (χ4n) is 1.89. The molecule has 0 saturated carbocycles. The van der Waals surface area contributed by atoms with Gasteiger partial charge in [0.25, 0.3) is 0 Å². The number of carbonyl (C=O) groups excluding carboxylic acids is 1. The van der Waals surface area contributed by atoms with Crippen LogP contribution in [0.3, 0.4) is 0 Å². The van der Waals surface area contributed by atoms with Crippen molar-refractivity contribution in [1.29, 1.82) is 0 Å². The van der Waals surface area contributed by atoms with Crippen LogP contribution in [0.25, 0.3) is 0 Å². The maximum atomic E-state index is 11.6. The molecule has 0 fully saturated rings. The van der Waals surface area contributed by atoms with Crippen LogP contribution in [0.15, 0.2) is 58.7 Å². The number of ether oxygens (including phenoxy) is 2. The highest BCUT2D eigenvalue weighted by molar-refractivity contribution is 5.86. The quantitative estimate of drug-likeness (QED) is 0.631. The van der Waals surface area contributed by atoms with E-state index in [2.05, 4.69) is 21.1 Å². The first kappa shape index (κ1) is 17.0. The Morgan fingerprint density at radius 1 is 0.833 bits per heavy atom. The standard InChI is InChI=1S/C17H18N4O3/c1-23-15-9-5-3-7-13(15)11-18-20-17(22)21-19-12-14-8-4-6-10-16(14)24-2/h3-12H,1-2H3,(H2,20,21,22)/b18-11+,19-12?. The van der Waals surface area contributed by atoms with E-state index in [1.54, 1.807) is 26.4 Å². The van der Waals surface area contributed by atoms with E-state index in [1.165, 1.54) is 12.4 Å². The maximum Gasteiger partial charge on any atom is 0.355 e. The van der Waals surface area contributed by atoms with Gasteiger partial charge in [-0.2, -0.15) is 10.2 Å². The molecule has 7 heteroatoms. The van der Waals surface area contributed by atoms with Crippen molar-refractivity contribution in [2.24, 2.45) is 10.2 Å². The molecule has 0 unspecified atom stereocenters. The fraction of sp³-hybridized carbons (Fsp3) is 0.118. The Kier molecular flexibility index (Phi) is 6.34. The van der Waals surface area contributed by atoms with Gasteiger partial charge in [-0.15, -0.1) is 0 Å². The number of hydrogen-bond acceptors (Lipinski definition) is 5. The minimum atomic E-state index is -0.563. The van der Waals surface area contributed by atoms with Crippen molar-refractivity contribution in [3.05, 3.63) is 59.7 Å². The Balaban J connectivity index is 1.87. The molecule has 0 aromatic heterocycles. The van der Waals surface area contributed by atoms with Crippen LogP contribution in [0.4, 0.5) is 4.79 Å². The molecule has 2 aromatic carbocycles. The van der Waals surface area contributed by atoms with E-state index in [-0.39, 0.29) is 0 Å². The summed E-state index contributed by atoms with van der Waals surface area (Å²) in [5, 5.41) is 7.69. The number of hydrazone groups is 2. The molecule has 0 saturated heterocycles. The molecule has 2 rings (SSSR count). The molecule has 0 aliphatic heterocycles. The molecule has 0 aliphatic rings. The molecule has 2 aromatic rings. The highest BCUT2D eigenvalue weighted by atomic mass is 16.5. The molecule has 124 valence electrons. The Bertz CT molecular complexity index is 683. The number of amides is 2. The summed E-state index contributed by atoms with van der Waals surface area (Å²) in [6.45, 7) is 0. The van der Waals surface area contributed by atoms with E-state index in [0.29, 0.717) is 11.5 Å². The molecular formula is C17H18N4O3. The average Bonchev–Trinajstić information content (AvgIpc) is 2.62. The third-order valence-corrected chi connectivity index (χ3v) is 3.02. The summed E-state index contributed by atoms with van der Waals surface area (Å²) < 4.78 is 10.4. The number of para-hydroxylation sites is 2. The predicted octanol–water partition coefficient (Wildman–Crippen LogP) is 2.37. The summed E-state index contributed by atoms with van der Waals surface area (Å²) in [6.07, 6.45) is 2.98. The lowest BCUT2D eigenvalue weighted by molar-refractivity contribution is 0.242. The topological polar surface area (TPSA) is 84.3 Å². The predicted molar refractivity (Wildman–Crippen MR) is 92.8 cm³/mol. The number of carbonyl (C=O) groups is 1. The zero-order valence-corrected chi connectivity index (χ0v) is 13.4. The normalized spacial score (nSPS) is 10.8. The van der Waals surface area contributed by atoms with Crippen LogP contribution in [-0.4, -0.2) is 32.7 Å². The molecule has 2 N–H and O–H groups in total. The van der Waals surface area contributed by atoms with E-state index in [4.69, 9.17) is 9.47 Å². The van der Waals surface area contributed by atoms with Gasteiger partial charge < -0.3 is 9.47 Å². The summed E-state index contributed by atoms with van der Waals surface area (Å²) in [4.78, 5) is 11.6. The molecular weight excluding hydrogens is 308 g/mol. The van der Waals surface area contributed by atoms with Crippen molar-refractivity contribution in [3.8, 4) is 11.5 Å². The number of urea groups is 1. The van der Waals surface area contributed by atoms with Crippen LogP contribution in [0, 0.1) is 0 Å². The van der Waals surface area contributed by atoms with E-state index < -0.39 is 6.03 Å². The monoisotopic (exact) mass is 326 g/mol. The van der Waals surface area contributed by atoms with E-state index in [0.717, 1.165) is 11.1 Å². The van der Waals surface area contributed by atoms with E-state index >= 15 is 0 Å². The van der Waals surface area contributed by atoms with Gasteiger partial charge >= 0.3 is 6.03 Å². The maximum absolute atomic E-state index is 11.6. The number of hydrogen-bond donors (Lipinski definition) is 2. The lowest BCUT2D eigenvalue weighted by atomic mass is 10.2. The van der Waals surface area contributed by atoms with Gasteiger partial charge in [-0.1, -0.05) is 24.3 Å². The third-order valence-electron chi connectivity index (χ3n) is 3.02. The Morgan fingerprint density at radius 3 is 1.67 bits per heavy atom. The Morgan fingerprint density at radius 2 is 1.25 bits per heavy atom. The van der Waals surface area contributed by atoms with Crippen molar-refractivity contribution < 1.29 is 14.3 Å². The zero-order chi connectivity index (χ0) is 17.2. The van der Waals surface area contributed by atoms with Crippen LogP contribution in [-0.2, 0) is 0 Å². The van der Waals surface area contributed by atoms with Gasteiger partial charge in [0.15, 0.2) is 0 Å². The number of benzene rings is 2. The zero-order valence-electron chi connectivity index (χ0n) is 13.4. The second kappa shape index (κ2) is 8.94. The lowest BCUT2D eigenvalue weighted by Crippen LogP contribution is -2.28. The highest BCUT2D eigenvalue weighted by Crippen LogP contribution is 2.15. The SMILES string of the molecule is COc1ccccc1C=NNC(=O)N/N=C/c1ccccc1OC. The average molecular weight is 326 g/mol. The molecule has 0 spiro atoms. The number of rotatable bonds is 6. The number of nitrogens with zero attached hydrogens (tertiary/aromatic N) is 2. The molecule has 24 heavy (non-hydrogen) atoms. The molecule has 0 atom stereocenters. The van der Waals surface area contributed by atoms with Crippen LogP contribution in [0.2, 0.25) is 0 Å². The summed E-state index contributed by atoms with van der Waals surface area (Å²) in [5.41, 5.74) is 6.13. The summed E-state index contributed by atoms with van der Waals surface area (Å²) in [7, 11) is 3.14. The molecule has 7 nitrogen and oxygen atoms in total. The van der Waals surface area contributed by atoms with Gasteiger partial charge in [0.1, 0.15) is 11.5 Å². The first-order valence-electron chi connectivity index (χ1n) is 7.12. The van der Waals surface area contributed by atoms with Crippen molar-refractivity contribution in [2.45, 2.75) is 0 Å². The molecule has 0 aliphatic carbocycles. The number of methoxy groups -OCH3 is 2. The van der Waals surface area contributed by atoms with Gasteiger partial charge in [0.2, 0.25) is 0 Å². The van der Waals surface area contributed by atoms with Crippen molar-refractivity contribution in [3.63, 3.8) is 0 Å². The molecule has 0 radical (unpaired) electrons. The van der Waals surface area contributed by atoms with Crippen molar-refractivity contribution in [2.75, 3.05) is 14.2 Å². The lowest BCUT2D eigenvalue weighted by Gasteiger charge is -2.03. The first-order valence-corrected chi connectivity index (χ1v) is 7.12. The fourth-order valence-corrected chi connectivity index (χ4v) is 1.89. The smallest absolute Gasteiger partial charge is 0.355 e. The van der Waals surface area contributed by atoms with Gasteiger partial charge in [-0.3, -0.25) is 0 Å². The van der Waals surface area contributed by atoms with E-state index in [1.807, 2.05) is 36.4 Å². The van der Waals surface area contributed by atoms with E-state index in [9.17, 15) is 4.79 Å². The summed E-state index contributed by atoms with van der Waals surface area (Å²) >= 11 is 0. The number of nitrogens with one attached hydrogen (secondary N) is 2. The van der Waals surface area contributed by atoms with Crippen LogP contribution < -0.4 is 20.3 Å².